The molecule has 0 aliphatic carbocycles. The van der Waals surface area contributed by atoms with E-state index in [0.717, 1.165) is 0 Å². The zero-order valence-electron chi connectivity index (χ0n) is 46.7. The molecule has 0 amide bonds. The number of phenols is 1. The van der Waals surface area contributed by atoms with Crippen LogP contribution in [0.5, 0.6) is 5.75 Å². The Labute approximate surface area is 503 Å². The van der Waals surface area contributed by atoms with Crippen LogP contribution in [0.4, 0.5) is 0 Å². The van der Waals surface area contributed by atoms with E-state index in [2.05, 4.69) is 5.32 Å². The highest BCUT2D eigenvalue weighted by Crippen LogP contribution is 2.39. The SMILES string of the molecule is O=C(O)[C@H](Cc1ccc(O)cc1)NC[C@@H]1O[C@@H]2O[C@H]3[C@@H](O)[C@H](O)[C@@H](O[C@H]4[C@H](O)[C@H](O)[C@@H](O[C@H]5[C@H](O)[C@@H](O)[C@@H](O[C@H]6[C@H](O)[C@@H](O)[C@@H](O[C@H]7[C@H](O)[C@@H](O)[C@@H](O[C@H]8[C@H](O)[C@@H](O)[C@@H](O[C@H]1[C@H](O)[C@H]2O)O[C@H]8CO)O[C@H]7CO)O[C@H]6CO)O[C@@H]5CO)O[C@@H]4CO)O[C@@H]3CO. The van der Waals surface area contributed by atoms with Crippen LogP contribution in [-0.2, 0) is 77.5 Å². The normalized spacial score (nSPS) is 49.8. The van der Waals surface area contributed by atoms with Crippen molar-refractivity contribution in [1.82, 2.24) is 5.32 Å². The van der Waals surface area contributed by atoms with Crippen LogP contribution in [0, 0.1) is 0 Å². The Bertz CT molecular complexity index is 2360. The molecule has 89 heavy (non-hydrogen) atoms. The van der Waals surface area contributed by atoms with Gasteiger partial charge in [-0.3, -0.25) is 4.79 Å². The van der Waals surface area contributed by atoms with Crippen molar-refractivity contribution in [3.63, 3.8) is 0 Å². The van der Waals surface area contributed by atoms with Gasteiger partial charge < -0.3 is 184 Å². The number of carboxylic acids is 1. The minimum absolute atomic E-state index is 0.133. The number of nitrogens with one attached hydrogen (secondary N) is 1. The Morgan fingerprint density at radius 2 is 0.528 bits per heavy atom. The van der Waals surface area contributed by atoms with Crippen molar-refractivity contribution in [2.45, 2.75) is 227 Å². The highest BCUT2D eigenvalue weighted by molar-refractivity contribution is 5.74. The number of rotatable bonds is 12. The van der Waals surface area contributed by atoms with E-state index in [9.17, 15) is 117 Å². The van der Waals surface area contributed by atoms with Crippen molar-refractivity contribution >= 4 is 5.97 Å². The average molecular weight is 1300 g/mol. The number of carbonyl (C=O) groups is 1. The molecule has 510 valence electrons. The van der Waals surface area contributed by atoms with Gasteiger partial charge in [0.25, 0.3) is 0 Å². The van der Waals surface area contributed by atoms with Gasteiger partial charge in [0.05, 0.1) is 39.6 Å². The highest BCUT2D eigenvalue weighted by atomic mass is 16.8. The molecule has 21 aliphatic heterocycles. The molecule has 23 N–H and O–H groups in total. The molecule has 0 unspecified atom stereocenters. The molecule has 21 saturated heterocycles. The van der Waals surface area contributed by atoms with E-state index < -0.39 is 273 Å². The van der Waals surface area contributed by atoms with E-state index in [1.54, 1.807) is 0 Å². The number of benzene rings is 1. The molecule has 22 rings (SSSR count). The van der Waals surface area contributed by atoms with Crippen molar-refractivity contribution in [2.75, 3.05) is 46.2 Å². The number of carboxylic acid groups (broad SMARTS) is 1. The molecule has 1 aromatic rings. The second-order valence-corrected chi connectivity index (χ2v) is 22.6. The van der Waals surface area contributed by atoms with Crippen molar-refractivity contribution in [1.29, 1.82) is 0 Å². The fourth-order valence-electron chi connectivity index (χ4n) is 11.8. The summed E-state index contributed by atoms with van der Waals surface area (Å²) in [6.07, 6.45) is -72.4. The van der Waals surface area contributed by atoms with Gasteiger partial charge in [-0.1, -0.05) is 12.1 Å². The fraction of sp³-hybridized carbons (Fsp3) is 0.863. The highest BCUT2D eigenvalue weighted by Gasteiger charge is 2.60. The quantitative estimate of drug-likeness (QED) is 0.0924. The summed E-state index contributed by atoms with van der Waals surface area (Å²) in [6, 6.07) is 3.94. The zero-order chi connectivity index (χ0) is 64.6. The second kappa shape index (κ2) is 30.2. The molecule has 0 saturated carbocycles. The first-order chi connectivity index (χ1) is 42.4. The lowest BCUT2D eigenvalue weighted by molar-refractivity contribution is -0.396. The van der Waals surface area contributed by atoms with Gasteiger partial charge in [-0.2, -0.15) is 0 Å². The standard InChI is InChI=1S/C51H79NO37/c53-7-17-38-25(62)32(69)47(78-17)86-40-19(9-55)80-49(34(71)27(40)64)88-42-21(11-57)82-51(36(73)29(42)66)89-43-22(12-58)81-50(35(72)28(43)65)87-41-20(10-56)79-48(33(70)26(41)63)85-39-18(8-54)77-46(31(68)24(39)61)83-37-16(76-45(84-38)30(67)23(37)60)6-52-15(44(74)75)5-13-1-3-14(59)4-2-13/h1-4,15-43,45-73H,5-12H2,(H,74,75)/t15-,16-,17+,18-,19+,20-,21+,22-,23+,24+,25-,26+,27+,28+,29+,30+,31+,32-,33+,34-,35+,36+,37+,38+,39+,40+,41+,42+,43+,45+,46+,47+,48+,49+,50+,51+/m0/s1. The summed E-state index contributed by atoms with van der Waals surface area (Å²) in [5.41, 5.74) is 0.397. The summed E-state index contributed by atoms with van der Waals surface area (Å²) >= 11 is 0. The predicted molar refractivity (Wildman–Crippen MR) is 273 cm³/mol. The number of aliphatic hydroxyl groups is 20. The molecule has 38 heteroatoms. The Morgan fingerprint density at radius 3 is 0.730 bits per heavy atom. The lowest BCUT2D eigenvalue weighted by Crippen LogP contribution is -2.68. The van der Waals surface area contributed by atoms with Crippen molar-refractivity contribution in [2.24, 2.45) is 0 Å². The van der Waals surface area contributed by atoms with Gasteiger partial charge in [0.15, 0.2) is 44.0 Å². The van der Waals surface area contributed by atoms with Crippen molar-refractivity contribution < 1.29 is 183 Å². The van der Waals surface area contributed by atoms with E-state index >= 15 is 0 Å². The van der Waals surface area contributed by atoms with Gasteiger partial charge in [-0.15, -0.1) is 0 Å². The van der Waals surface area contributed by atoms with Gasteiger partial charge in [0, 0.05) is 6.54 Å². The summed E-state index contributed by atoms with van der Waals surface area (Å²) in [6.45, 7) is -7.18. The monoisotopic (exact) mass is 1300 g/mol. The lowest BCUT2D eigenvalue weighted by Gasteiger charge is -2.50. The Hall–Kier alpha value is -2.91. The van der Waals surface area contributed by atoms with Crippen LogP contribution in [0.25, 0.3) is 0 Å². The minimum Gasteiger partial charge on any atom is -0.508 e. The van der Waals surface area contributed by atoms with Gasteiger partial charge in [0.1, 0.15) is 183 Å². The molecule has 1 aromatic carbocycles. The first kappa shape index (κ1) is 70.4. The maximum Gasteiger partial charge on any atom is 0.321 e. The summed E-state index contributed by atoms with van der Waals surface area (Å²) in [4.78, 5) is 12.6. The number of aliphatic carboxylic acids is 1. The van der Waals surface area contributed by atoms with Crippen LogP contribution in [0.3, 0.4) is 0 Å². The topological polar surface area (TPSA) is 603 Å². The number of phenolic OH excluding ortho intramolecular Hbond substituents is 1. The molecule has 21 aliphatic rings. The Kier molecular flexibility index (Phi) is 23.9. The smallest absolute Gasteiger partial charge is 0.321 e. The van der Waals surface area contributed by atoms with Crippen LogP contribution >= 0.6 is 0 Å². The molecule has 36 atom stereocenters. The van der Waals surface area contributed by atoms with E-state index in [-0.39, 0.29) is 12.2 Å². The fourth-order valence-corrected chi connectivity index (χ4v) is 11.8. The molecular formula is C51H79NO37. The molecule has 38 nitrogen and oxygen atoms in total. The largest absolute Gasteiger partial charge is 0.508 e. The average Bonchev–Trinajstić information content (AvgIpc) is 0.971. The molecule has 21 fully saturated rings. The van der Waals surface area contributed by atoms with Crippen LogP contribution in [0.1, 0.15) is 5.56 Å². The van der Waals surface area contributed by atoms with Gasteiger partial charge >= 0.3 is 5.97 Å². The van der Waals surface area contributed by atoms with E-state index in [1.165, 1.54) is 24.3 Å². The van der Waals surface area contributed by atoms with Crippen LogP contribution < -0.4 is 5.32 Å². The maximum atomic E-state index is 12.6. The predicted octanol–water partition coefficient (Wildman–Crippen LogP) is -14.2. The second-order valence-electron chi connectivity index (χ2n) is 22.6. The van der Waals surface area contributed by atoms with Crippen LogP contribution in [0.2, 0.25) is 0 Å². The van der Waals surface area contributed by atoms with Crippen LogP contribution in [-0.4, -0.2) is 385 Å². The van der Waals surface area contributed by atoms with E-state index in [1.807, 2.05) is 0 Å². The van der Waals surface area contributed by atoms with Gasteiger partial charge in [-0.25, -0.2) is 0 Å². The third kappa shape index (κ3) is 14.7. The first-order valence-electron chi connectivity index (χ1n) is 28.5. The number of aromatic hydroxyl groups is 1. The Balaban J connectivity index is 1.02. The number of hydrogen-bond donors (Lipinski definition) is 23. The van der Waals surface area contributed by atoms with E-state index in [0.29, 0.717) is 5.56 Å². The number of aliphatic hydroxyl groups excluding tert-OH is 20. The summed E-state index contributed by atoms with van der Waals surface area (Å²) < 4.78 is 81.0. The number of hydrogen-bond acceptors (Lipinski definition) is 37. The summed E-state index contributed by atoms with van der Waals surface area (Å²) in [5.74, 6) is -1.57. The summed E-state index contributed by atoms with van der Waals surface area (Å²) in [5, 5.41) is 247. The third-order valence-electron chi connectivity index (χ3n) is 16.8. The molecule has 14 bridgehead atoms. The third-order valence-corrected chi connectivity index (χ3v) is 16.8. The molecule has 0 spiro atoms. The molecular weight excluding hydrogens is 1220 g/mol. The van der Waals surface area contributed by atoms with Gasteiger partial charge in [0.2, 0.25) is 0 Å². The molecule has 21 heterocycles. The minimum atomic E-state index is -2.30. The first-order valence-corrected chi connectivity index (χ1v) is 28.5. The maximum absolute atomic E-state index is 12.6. The molecule has 0 radical (unpaired) electrons. The van der Waals surface area contributed by atoms with E-state index in [4.69, 9.17) is 66.3 Å². The molecule has 0 aromatic heterocycles. The lowest BCUT2D eigenvalue weighted by atomic mass is 9.95. The Morgan fingerprint density at radius 1 is 0.326 bits per heavy atom. The van der Waals surface area contributed by atoms with Crippen molar-refractivity contribution in [3.8, 4) is 5.75 Å². The van der Waals surface area contributed by atoms with Crippen molar-refractivity contribution in [3.05, 3.63) is 29.8 Å². The van der Waals surface area contributed by atoms with Gasteiger partial charge in [-0.05, 0) is 24.1 Å². The van der Waals surface area contributed by atoms with Crippen LogP contribution in [0.15, 0.2) is 24.3 Å². The summed E-state index contributed by atoms with van der Waals surface area (Å²) in [7, 11) is 0. The number of ether oxygens (including phenoxy) is 14. The zero-order valence-corrected chi connectivity index (χ0v) is 46.7.